The van der Waals surface area contributed by atoms with Crippen molar-refractivity contribution in [2.24, 2.45) is 0 Å². The van der Waals surface area contributed by atoms with Crippen molar-refractivity contribution < 1.29 is 9.84 Å². The Morgan fingerprint density at radius 2 is 2.33 bits per heavy atom. The van der Waals surface area contributed by atoms with E-state index in [4.69, 9.17) is 16.3 Å². The van der Waals surface area contributed by atoms with Crippen molar-refractivity contribution in [2.45, 2.75) is 13.0 Å². The number of hydrogen-bond acceptors (Lipinski definition) is 3. The largest absolute Gasteiger partial charge is 0.508 e. The van der Waals surface area contributed by atoms with Crippen LogP contribution < -0.4 is 5.32 Å². The standard InChI is InChI=1S/C11H14ClNO2/c1-7-9(12)4-8(5-10(7)14)11-6-13-2-3-15-11/h4-5,11,13-14H,2-3,6H2,1H3. The zero-order chi connectivity index (χ0) is 10.8. The van der Waals surface area contributed by atoms with Crippen LogP contribution in [0.15, 0.2) is 12.1 Å². The van der Waals surface area contributed by atoms with Crippen LogP contribution >= 0.6 is 11.6 Å². The second kappa shape index (κ2) is 4.39. The zero-order valence-electron chi connectivity index (χ0n) is 8.59. The van der Waals surface area contributed by atoms with Gasteiger partial charge in [0, 0.05) is 23.7 Å². The molecule has 0 aliphatic carbocycles. The molecule has 1 fully saturated rings. The van der Waals surface area contributed by atoms with Gasteiger partial charge >= 0.3 is 0 Å². The van der Waals surface area contributed by atoms with Crippen LogP contribution in [-0.2, 0) is 4.74 Å². The molecule has 3 nitrogen and oxygen atoms in total. The smallest absolute Gasteiger partial charge is 0.120 e. The summed E-state index contributed by atoms with van der Waals surface area (Å²) in [4.78, 5) is 0. The Kier molecular flexibility index (Phi) is 3.14. The summed E-state index contributed by atoms with van der Waals surface area (Å²) in [5, 5.41) is 13.5. The summed E-state index contributed by atoms with van der Waals surface area (Å²) in [5.41, 5.74) is 1.64. The number of phenolic OH excluding ortho intramolecular Hbond substituents is 1. The molecule has 15 heavy (non-hydrogen) atoms. The molecule has 0 amide bonds. The van der Waals surface area contributed by atoms with Crippen molar-refractivity contribution in [3.05, 3.63) is 28.3 Å². The lowest BCUT2D eigenvalue weighted by molar-refractivity contribution is 0.0276. The molecule has 1 saturated heterocycles. The molecule has 1 aliphatic rings. The maximum atomic E-state index is 9.65. The van der Waals surface area contributed by atoms with Crippen LogP contribution in [0, 0.1) is 6.92 Å². The van der Waals surface area contributed by atoms with Crippen molar-refractivity contribution >= 4 is 11.6 Å². The van der Waals surface area contributed by atoms with Gasteiger partial charge in [-0.15, -0.1) is 0 Å². The Balaban J connectivity index is 2.27. The molecule has 0 aromatic heterocycles. The van der Waals surface area contributed by atoms with Crippen molar-refractivity contribution in [2.75, 3.05) is 19.7 Å². The molecule has 1 atom stereocenters. The first-order valence-corrected chi connectivity index (χ1v) is 5.37. The monoisotopic (exact) mass is 227 g/mol. The molecule has 2 N–H and O–H groups in total. The molecule has 4 heteroatoms. The molecule has 1 unspecified atom stereocenters. The minimum Gasteiger partial charge on any atom is -0.508 e. The van der Waals surface area contributed by atoms with Crippen molar-refractivity contribution in [3.63, 3.8) is 0 Å². The summed E-state index contributed by atoms with van der Waals surface area (Å²) in [6, 6.07) is 3.58. The second-order valence-corrected chi connectivity index (χ2v) is 4.12. The number of morpholine rings is 1. The highest BCUT2D eigenvalue weighted by Crippen LogP contribution is 2.30. The number of aromatic hydroxyl groups is 1. The highest BCUT2D eigenvalue weighted by Gasteiger charge is 2.17. The van der Waals surface area contributed by atoms with Crippen molar-refractivity contribution in [1.29, 1.82) is 0 Å². The summed E-state index contributed by atoms with van der Waals surface area (Å²) >= 11 is 6.00. The van der Waals surface area contributed by atoms with Crippen LogP contribution in [0.1, 0.15) is 17.2 Å². The number of benzene rings is 1. The van der Waals surface area contributed by atoms with Gasteiger partial charge in [-0.05, 0) is 24.6 Å². The number of ether oxygens (including phenoxy) is 1. The van der Waals surface area contributed by atoms with Crippen LogP contribution in [0.5, 0.6) is 5.75 Å². The quantitative estimate of drug-likeness (QED) is 0.771. The third kappa shape index (κ3) is 2.25. The average Bonchev–Trinajstić information content (AvgIpc) is 2.26. The third-order valence-corrected chi connectivity index (χ3v) is 3.03. The molecule has 0 spiro atoms. The maximum Gasteiger partial charge on any atom is 0.120 e. The fourth-order valence-electron chi connectivity index (χ4n) is 1.65. The van der Waals surface area contributed by atoms with E-state index in [1.807, 2.05) is 6.07 Å². The van der Waals surface area contributed by atoms with E-state index in [2.05, 4.69) is 5.32 Å². The summed E-state index contributed by atoms with van der Waals surface area (Å²) in [6.07, 6.45) is -0.0113. The fourth-order valence-corrected chi connectivity index (χ4v) is 1.87. The molecule has 0 bridgehead atoms. The number of rotatable bonds is 1. The van der Waals surface area contributed by atoms with E-state index in [0.29, 0.717) is 17.2 Å². The van der Waals surface area contributed by atoms with E-state index in [9.17, 15) is 5.11 Å². The first kappa shape index (κ1) is 10.7. The fraction of sp³-hybridized carbons (Fsp3) is 0.455. The molecule has 0 radical (unpaired) electrons. The van der Waals surface area contributed by atoms with Gasteiger partial charge in [0.05, 0.1) is 12.7 Å². The Hall–Kier alpha value is -0.770. The predicted molar refractivity (Wildman–Crippen MR) is 59.4 cm³/mol. The lowest BCUT2D eigenvalue weighted by atomic mass is 10.1. The van der Waals surface area contributed by atoms with Crippen LogP contribution in [0.2, 0.25) is 5.02 Å². The van der Waals surface area contributed by atoms with Crippen LogP contribution in [-0.4, -0.2) is 24.8 Å². The molecule has 1 aliphatic heterocycles. The zero-order valence-corrected chi connectivity index (χ0v) is 9.34. The summed E-state index contributed by atoms with van der Waals surface area (Å²) in [5.74, 6) is 0.228. The Bertz CT molecular complexity index is 339. The number of hydrogen-bond donors (Lipinski definition) is 2. The highest BCUT2D eigenvalue weighted by atomic mass is 35.5. The molecular formula is C11H14ClNO2. The van der Waals surface area contributed by atoms with E-state index in [0.717, 1.165) is 18.7 Å². The first-order chi connectivity index (χ1) is 7.18. The van der Waals surface area contributed by atoms with Crippen LogP contribution in [0.25, 0.3) is 0 Å². The molecule has 0 saturated carbocycles. The summed E-state index contributed by atoms with van der Waals surface area (Å²) in [6.45, 7) is 4.12. The van der Waals surface area contributed by atoms with E-state index >= 15 is 0 Å². The van der Waals surface area contributed by atoms with Gasteiger partial charge in [0.25, 0.3) is 0 Å². The van der Waals surface area contributed by atoms with Gasteiger partial charge in [0.2, 0.25) is 0 Å². The van der Waals surface area contributed by atoms with E-state index < -0.39 is 0 Å². The maximum absolute atomic E-state index is 9.65. The average molecular weight is 228 g/mol. The predicted octanol–water partition coefficient (Wildman–Crippen LogP) is 2.01. The molecular weight excluding hydrogens is 214 g/mol. The Labute approximate surface area is 94.0 Å². The SMILES string of the molecule is Cc1c(O)cc(C2CNCCO2)cc1Cl. The van der Waals surface area contributed by atoms with Gasteiger partial charge in [0.15, 0.2) is 0 Å². The summed E-state index contributed by atoms with van der Waals surface area (Å²) in [7, 11) is 0. The summed E-state index contributed by atoms with van der Waals surface area (Å²) < 4.78 is 5.58. The minimum atomic E-state index is -0.0113. The van der Waals surface area contributed by atoms with Gasteiger partial charge in [-0.1, -0.05) is 11.6 Å². The Morgan fingerprint density at radius 1 is 1.53 bits per heavy atom. The van der Waals surface area contributed by atoms with Crippen LogP contribution in [0.3, 0.4) is 0 Å². The normalized spacial score (nSPS) is 21.6. The first-order valence-electron chi connectivity index (χ1n) is 5.00. The van der Waals surface area contributed by atoms with Crippen molar-refractivity contribution in [3.8, 4) is 5.75 Å². The number of halogens is 1. The van der Waals surface area contributed by atoms with E-state index in [1.54, 1.807) is 13.0 Å². The lowest BCUT2D eigenvalue weighted by Crippen LogP contribution is -2.33. The van der Waals surface area contributed by atoms with E-state index in [1.165, 1.54) is 0 Å². The van der Waals surface area contributed by atoms with Gasteiger partial charge in [-0.3, -0.25) is 0 Å². The molecule has 1 heterocycles. The molecule has 1 aromatic rings. The van der Waals surface area contributed by atoms with Gasteiger partial charge in [0.1, 0.15) is 5.75 Å². The second-order valence-electron chi connectivity index (χ2n) is 3.71. The lowest BCUT2D eigenvalue weighted by Gasteiger charge is -2.24. The number of phenols is 1. The van der Waals surface area contributed by atoms with Gasteiger partial charge in [-0.2, -0.15) is 0 Å². The van der Waals surface area contributed by atoms with Gasteiger partial charge < -0.3 is 15.2 Å². The molecule has 82 valence electrons. The van der Waals surface area contributed by atoms with Gasteiger partial charge in [-0.25, -0.2) is 0 Å². The third-order valence-electron chi connectivity index (χ3n) is 2.64. The van der Waals surface area contributed by atoms with Crippen molar-refractivity contribution in [1.82, 2.24) is 5.32 Å². The number of nitrogens with one attached hydrogen (secondary N) is 1. The van der Waals surface area contributed by atoms with Crippen LogP contribution in [0.4, 0.5) is 0 Å². The minimum absolute atomic E-state index is 0.0113. The Morgan fingerprint density at radius 3 is 2.93 bits per heavy atom. The topological polar surface area (TPSA) is 41.5 Å². The van der Waals surface area contributed by atoms with E-state index in [-0.39, 0.29) is 11.9 Å². The highest BCUT2D eigenvalue weighted by molar-refractivity contribution is 6.31. The molecule has 1 aromatic carbocycles. The molecule has 2 rings (SSSR count).